The van der Waals surface area contributed by atoms with E-state index in [9.17, 15) is 9.90 Å². The molecular weight excluding hydrogens is 381 g/mol. The van der Waals surface area contributed by atoms with Gasteiger partial charge in [0.05, 0.1) is 5.52 Å². The Morgan fingerprint density at radius 3 is 2.76 bits per heavy atom. The predicted octanol–water partition coefficient (Wildman–Crippen LogP) is 4.44. The van der Waals surface area contributed by atoms with Gasteiger partial charge in [0.15, 0.2) is 5.58 Å². The van der Waals surface area contributed by atoms with E-state index in [-0.39, 0.29) is 5.56 Å². The molecule has 0 radical (unpaired) electrons. The Hall–Kier alpha value is -2.15. The second kappa shape index (κ2) is 4.42. The molecular formula is C16H8INO3. The van der Waals surface area contributed by atoms with Gasteiger partial charge >= 0.3 is 5.97 Å². The summed E-state index contributed by atoms with van der Waals surface area (Å²) in [6, 6.07) is 13.0. The number of halogens is 1. The second-order valence-corrected chi connectivity index (χ2v) is 5.98. The van der Waals surface area contributed by atoms with Crippen LogP contribution in [0.4, 0.5) is 0 Å². The number of pyridine rings is 1. The molecule has 0 saturated heterocycles. The standard InChI is InChI=1S/C16H8INO3/c17-8-5-6-11-10(7-8)13(16(19)20)15-14(18-11)9-3-1-2-4-12(9)21-15/h1-7H,(H,19,20). The molecule has 2 heterocycles. The van der Waals surface area contributed by atoms with Gasteiger partial charge in [0.2, 0.25) is 0 Å². The number of para-hydroxylation sites is 1. The molecule has 0 bridgehead atoms. The van der Waals surface area contributed by atoms with Crippen LogP contribution in [0.2, 0.25) is 0 Å². The topological polar surface area (TPSA) is 63.3 Å². The molecule has 0 amide bonds. The van der Waals surface area contributed by atoms with Gasteiger partial charge in [-0.2, -0.15) is 0 Å². The Morgan fingerprint density at radius 1 is 1.14 bits per heavy atom. The molecule has 21 heavy (non-hydrogen) atoms. The van der Waals surface area contributed by atoms with E-state index in [1.54, 1.807) is 0 Å². The molecule has 0 fully saturated rings. The van der Waals surface area contributed by atoms with Crippen molar-refractivity contribution in [3.8, 4) is 0 Å². The molecule has 0 aliphatic carbocycles. The molecule has 1 N–H and O–H groups in total. The summed E-state index contributed by atoms with van der Waals surface area (Å²) in [6.45, 7) is 0. The van der Waals surface area contributed by atoms with Crippen molar-refractivity contribution in [2.45, 2.75) is 0 Å². The van der Waals surface area contributed by atoms with Crippen LogP contribution < -0.4 is 0 Å². The molecule has 0 aliphatic heterocycles. The third-order valence-electron chi connectivity index (χ3n) is 3.47. The molecule has 2 aromatic heterocycles. The number of benzene rings is 2. The van der Waals surface area contributed by atoms with Gasteiger partial charge < -0.3 is 9.52 Å². The maximum atomic E-state index is 11.7. The van der Waals surface area contributed by atoms with E-state index in [0.717, 1.165) is 8.96 Å². The fraction of sp³-hybridized carbons (Fsp3) is 0. The Bertz CT molecular complexity index is 1040. The molecule has 0 spiro atoms. The fourth-order valence-electron chi connectivity index (χ4n) is 2.57. The number of aromatic nitrogens is 1. The molecule has 0 unspecified atom stereocenters. The highest BCUT2D eigenvalue weighted by atomic mass is 127. The van der Waals surface area contributed by atoms with Gasteiger partial charge in [0.25, 0.3) is 0 Å². The lowest BCUT2D eigenvalue weighted by molar-refractivity contribution is 0.0700. The first-order chi connectivity index (χ1) is 10.1. The molecule has 5 heteroatoms. The van der Waals surface area contributed by atoms with Gasteiger partial charge in [0, 0.05) is 14.3 Å². The predicted molar refractivity (Wildman–Crippen MR) is 88.7 cm³/mol. The number of fused-ring (bicyclic) bond motifs is 4. The molecule has 4 aromatic rings. The molecule has 0 atom stereocenters. The van der Waals surface area contributed by atoms with Gasteiger partial charge in [-0.25, -0.2) is 9.78 Å². The minimum atomic E-state index is -1.01. The second-order valence-electron chi connectivity index (χ2n) is 4.73. The van der Waals surface area contributed by atoms with E-state index in [0.29, 0.717) is 27.6 Å². The van der Waals surface area contributed by atoms with Crippen molar-refractivity contribution in [2.24, 2.45) is 0 Å². The van der Waals surface area contributed by atoms with Crippen molar-refractivity contribution < 1.29 is 14.3 Å². The minimum absolute atomic E-state index is 0.171. The van der Waals surface area contributed by atoms with Crippen molar-refractivity contribution in [3.05, 3.63) is 51.6 Å². The first kappa shape index (κ1) is 12.6. The Balaban J connectivity index is 2.32. The number of carbonyl (C=O) groups is 1. The molecule has 102 valence electrons. The van der Waals surface area contributed by atoms with Crippen LogP contribution in [0.5, 0.6) is 0 Å². The third kappa shape index (κ3) is 1.80. The molecule has 0 saturated carbocycles. The van der Waals surface area contributed by atoms with E-state index < -0.39 is 5.97 Å². The Kier molecular flexibility index (Phi) is 2.65. The average molecular weight is 389 g/mol. The lowest BCUT2D eigenvalue weighted by Crippen LogP contribution is -2.00. The van der Waals surface area contributed by atoms with Gasteiger partial charge in [0.1, 0.15) is 16.7 Å². The summed E-state index contributed by atoms with van der Waals surface area (Å²) in [7, 11) is 0. The highest BCUT2D eigenvalue weighted by molar-refractivity contribution is 14.1. The molecule has 4 nitrogen and oxygen atoms in total. The summed E-state index contributed by atoms with van der Waals surface area (Å²) in [4.78, 5) is 16.3. The largest absolute Gasteiger partial charge is 0.478 e. The minimum Gasteiger partial charge on any atom is -0.478 e. The van der Waals surface area contributed by atoms with Gasteiger partial charge in [-0.1, -0.05) is 12.1 Å². The highest BCUT2D eigenvalue weighted by Gasteiger charge is 2.20. The summed E-state index contributed by atoms with van der Waals surface area (Å²) in [6.07, 6.45) is 0. The van der Waals surface area contributed by atoms with Crippen molar-refractivity contribution in [1.82, 2.24) is 4.98 Å². The highest BCUT2D eigenvalue weighted by Crippen LogP contribution is 2.33. The van der Waals surface area contributed by atoms with Crippen LogP contribution in [0.15, 0.2) is 46.9 Å². The van der Waals surface area contributed by atoms with Gasteiger partial charge in [-0.05, 0) is 52.9 Å². The monoisotopic (exact) mass is 389 g/mol. The first-order valence-corrected chi connectivity index (χ1v) is 7.37. The Labute approximate surface area is 132 Å². The number of carboxylic acids is 1. The van der Waals surface area contributed by atoms with Crippen LogP contribution in [0, 0.1) is 3.57 Å². The molecule has 4 rings (SSSR count). The number of hydrogen-bond donors (Lipinski definition) is 1. The van der Waals surface area contributed by atoms with Crippen LogP contribution >= 0.6 is 22.6 Å². The normalized spacial score (nSPS) is 11.5. The summed E-state index contributed by atoms with van der Waals surface area (Å²) >= 11 is 2.15. The fourth-order valence-corrected chi connectivity index (χ4v) is 3.06. The number of hydrogen-bond acceptors (Lipinski definition) is 3. The average Bonchev–Trinajstić information content (AvgIpc) is 2.82. The molecule has 0 aliphatic rings. The van der Waals surface area contributed by atoms with Crippen molar-refractivity contribution in [1.29, 1.82) is 0 Å². The number of rotatable bonds is 1. The third-order valence-corrected chi connectivity index (χ3v) is 4.14. The van der Waals surface area contributed by atoms with E-state index >= 15 is 0 Å². The molecule has 2 aromatic carbocycles. The lowest BCUT2D eigenvalue weighted by atomic mass is 10.1. The van der Waals surface area contributed by atoms with Gasteiger partial charge in [-0.3, -0.25) is 0 Å². The van der Waals surface area contributed by atoms with E-state index in [1.165, 1.54) is 0 Å². The zero-order valence-corrected chi connectivity index (χ0v) is 12.8. The number of carboxylic acid groups (broad SMARTS) is 1. The number of furan rings is 1. The van der Waals surface area contributed by atoms with Crippen LogP contribution in [0.1, 0.15) is 10.4 Å². The Morgan fingerprint density at radius 2 is 1.95 bits per heavy atom. The van der Waals surface area contributed by atoms with Gasteiger partial charge in [-0.15, -0.1) is 0 Å². The lowest BCUT2D eigenvalue weighted by Gasteiger charge is -2.03. The maximum absolute atomic E-state index is 11.7. The van der Waals surface area contributed by atoms with E-state index in [2.05, 4.69) is 27.6 Å². The van der Waals surface area contributed by atoms with Crippen LogP contribution in [-0.2, 0) is 0 Å². The zero-order chi connectivity index (χ0) is 14.6. The summed E-state index contributed by atoms with van der Waals surface area (Å²) in [5.41, 5.74) is 2.40. The van der Waals surface area contributed by atoms with Crippen molar-refractivity contribution in [3.63, 3.8) is 0 Å². The zero-order valence-electron chi connectivity index (χ0n) is 10.6. The number of aromatic carboxylic acids is 1. The van der Waals surface area contributed by atoms with E-state index in [4.69, 9.17) is 4.42 Å². The summed E-state index contributed by atoms with van der Waals surface area (Å²) in [5, 5.41) is 11.0. The maximum Gasteiger partial charge on any atom is 0.340 e. The van der Waals surface area contributed by atoms with Crippen molar-refractivity contribution in [2.75, 3.05) is 0 Å². The van der Waals surface area contributed by atoms with Crippen LogP contribution in [0.25, 0.3) is 33.0 Å². The number of nitrogens with zero attached hydrogens (tertiary/aromatic N) is 1. The smallest absolute Gasteiger partial charge is 0.340 e. The first-order valence-electron chi connectivity index (χ1n) is 6.29. The van der Waals surface area contributed by atoms with E-state index in [1.807, 2.05) is 42.5 Å². The van der Waals surface area contributed by atoms with Crippen molar-refractivity contribution >= 4 is 61.5 Å². The summed E-state index contributed by atoms with van der Waals surface area (Å²) in [5.74, 6) is -1.01. The SMILES string of the molecule is O=C(O)c1c2cc(I)ccc2nc2c1oc1ccccc12. The van der Waals surface area contributed by atoms with Crippen LogP contribution in [0.3, 0.4) is 0 Å². The quantitative estimate of drug-likeness (QED) is 0.489. The summed E-state index contributed by atoms with van der Waals surface area (Å²) < 4.78 is 6.71. The van der Waals surface area contributed by atoms with Crippen LogP contribution in [-0.4, -0.2) is 16.1 Å².